The molecule has 0 fully saturated rings. The molecule has 5 nitrogen and oxygen atoms in total. The van der Waals surface area contributed by atoms with Crippen molar-refractivity contribution in [3.8, 4) is 0 Å². The van der Waals surface area contributed by atoms with Crippen molar-refractivity contribution < 1.29 is 4.79 Å². The van der Waals surface area contributed by atoms with Gasteiger partial charge in [-0.1, -0.05) is 19.1 Å². The molecular formula is C15H18N4O. The van der Waals surface area contributed by atoms with Gasteiger partial charge in [-0.3, -0.25) is 9.78 Å². The summed E-state index contributed by atoms with van der Waals surface area (Å²) in [7, 11) is 0. The van der Waals surface area contributed by atoms with E-state index in [0.717, 1.165) is 17.7 Å². The van der Waals surface area contributed by atoms with Crippen LogP contribution in [0.3, 0.4) is 0 Å². The third-order valence-electron chi connectivity index (χ3n) is 2.92. The summed E-state index contributed by atoms with van der Waals surface area (Å²) in [6.07, 6.45) is 5.47. The number of hydrogen-bond donors (Lipinski definition) is 1. The third kappa shape index (κ3) is 3.54. The molecule has 0 aliphatic carbocycles. The molecule has 0 aliphatic heterocycles. The minimum atomic E-state index is -0.100. The quantitative estimate of drug-likeness (QED) is 0.845. The monoisotopic (exact) mass is 270 g/mol. The average Bonchev–Trinajstić information content (AvgIpc) is 2.49. The van der Waals surface area contributed by atoms with Gasteiger partial charge in [0.05, 0.1) is 6.20 Å². The van der Waals surface area contributed by atoms with E-state index in [1.165, 1.54) is 12.4 Å². The fraction of sp³-hybridized carbons (Fsp3) is 0.267. The van der Waals surface area contributed by atoms with Crippen molar-refractivity contribution in [3.05, 3.63) is 54.1 Å². The average molecular weight is 270 g/mol. The number of benzene rings is 1. The topological polar surface area (TPSA) is 72.1 Å². The molecule has 0 bridgehead atoms. The molecule has 2 rings (SSSR count). The SMILES string of the molecule is CCCN(Cc1ccc(N)cc1)C(=O)c1cnccn1. The predicted octanol–water partition coefficient (Wildman–Crippen LogP) is 2.11. The number of aromatic nitrogens is 2. The van der Waals surface area contributed by atoms with Gasteiger partial charge < -0.3 is 10.6 Å². The van der Waals surface area contributed by atoms with Crippen LogP contribution >= 0.6 is 0 Å². The highest BCUT2D eigenvalue weighted by atomic mass is 16.2. The van der Waals surface area contributed by atoms with Crippen molar-refractivity contribution in [1.29, 1.82) is 0 Å². The largest absolute Gasteiger partial charge is 0.399 e. The van der Waals surface area contributed by atoms with Crippen LogP contribution in [0.1, 0.15) is 29.4 Å². The molecule has 5 heteroatoms. The van der Waals surface area contributed by atoms with Crippen LogP contribution in [0.5, 0.6) is 0 Å². The summed E-state index contributed by atoms with van der Waals surface area (Å²) < 4.78 is 0. The zero-order valence-corrected chi connectivity index (χ0v) is 11.5. The van der Waals surface area contributed by atoms with Gasteiger partial charge in [0.2, 0.25) is 0 Å². The Morgan fingerprint density at radius 3 is 2.60 bits per heavy atom. The molecule has 1 aromatic heterocycles. The summed E-state index contributed by atoms with van der Waals surface area (Å²) in [6.45, 7) is 3.27. The fourth-order valence-corrected chi connectivity index (χ4v) is 1.94. The molecule has 0 radical (unpaired) electrons. The van der Waals surface area contributed by atoms with E-state index in [2.05, 4.69) is 9.97 Å². The number of nitrogen functional groups attached to an aromatic ring is 1. The molecule has 2 aromatic rings. The molecule has 104 valence electrons. The van der Waals surface area contributed by atoms with E-state index in [9.17, 15) is 4.79 Å². The first-order valence-corrected chi connectivity index (χ1v) is 6.60. The Morgan fingerprint density at radius 2 is 2.00 bits per heavy atom. The van der Waals surface area contributed by atoms with Gasteiger partial charge in [0.15, 0.2) is 0 Å². The van der Waals surface area contributed by atoms with Crippen LogP contribution in [0.2, 0.25) is 0 Å². The molecule has 1 heterocycles. The Kier molecular flexibility index (Phi) is 4.65. The zero-order valence-electron chi connectivity index (χ0n) is 11.5. The van der Waals surface area contributed by atoms with Crippen molar-refractivity contribution in [2.24, 2.45) is 0 Å². The molecule has 20 heavy (non-hydrogen) atoms. The van der Waals surface area contributed by atoms with Crippen molar-refractivity contribution in [1.82, 2.24) is 14.9 Å². The van der Waals surface area contributed by atoms with E-state index >= 15 is 0 Å². The normalized spacial score (nSPS) is 10.2. The summed E-state index contributed by atoms with van der Waals surface area (Å²) in [5.41, 5.74) is 7.80. The van der Waals surface area contributed by atoms with Gasteiger partial charge in [0.25, 0.3) is 5.91 Å². The summed E-state index contributed by atoms with van der Waals surface area (Å²) in [5.74, 6) is -0.100. The first-order chi connectivity index (χ1) is 9.70. The lowest BCUT2D eigenvalue weighted by Crippen LogP contribution is -2.32. The van der Waals surface area contributed by atoms with Gasteiger partial charge in [-0.15, -0.1) is 0 Å². The predicted molar refractivity (Wildman–Crippen MR) is 77.9 cm³/mol. The molecule has 0 atom stereocenters. The van der Waals surface area contributed by atoms with Crippen molar-refractivity contribution >= 4 is 11.6 Å². The van der Waals surface area contributed by atoms with Gasteiger partial charge >= 0.3 is 0 Å². The Hall–Kier alpha value is -2.43. The van der Waals surface area contributed by atoms with Crippen molar-refractivity contribution in [2.45, 2.75) is 19.9 Å². The molecule has 0 spiro atoms. The molecule has 0 saturated carbocycles. The summed E-state index contributed by atoms with van der Waals surface area (Å²) in [5, 5.41) is 0. The highest BCUT2D eigenvalue weighted by molar-refractivity contribution is 5.91. The Labute approximate surface area is 118 Å². The van der Waals surface area contributed by atoms with Gasteiger partial charge in [0.1, 0.15) is 5.69 Å². The van der Waals surface area contributed by atoms with Gasteiger partial charge in [0, 0.05) is 31.2 Å². The minimum Gasteiger partial charge on any atom is -0.399 e. The van der Waals surface area contributed by atoms with Crippen LogP contribution in [0.15, 0.2) is 42.9 Å². The minimum absolute atomic E-state index is 0.100. The number of anilines is 1. The van der Waals surface area contributed by atoms with Gasteiger partial charge in [-0.05, 0) is 24.1 Å². The number of nitrogens with zero attached hydrogens (tertiary/aromatic N) is 3. The highest BCUT2D eigenvalue weighted by Gasteiger charge is 2.16. The number of carbonyl (C=O) groups is 1. The second-order valence-corrected chi connectivity index (χ2v) is 4.56. The summed E-state index contributed by atoms with van der Waals surface area (Å²) >= 11 is 0. The maximum atomic E-state index is 12.4. The molecular weight excluding hydrogens is 252 g/mol. The van der Waals surface area contributed by atoms with E-state index in [4.69, 9.17) is 5.73 Å². The number of nitrogens with two attached hydrogens (primary N) is 1. The first kappa shape index (κ1) is 14.0. The van der Waals surface area contributed by atoms with Gasteiger partial charge in [-0.25, -0.2) is 4.98 Å². The lowest BCUT2D eigenvalue weighted by molar-refractivity contribution is 0.0737. The number of carbonyl (C=O) groups excluding carboxylic acids is 1. The highest BCUT2D eigenvalue weighted by Crippen LogP contribution is 2.11. The Morgan fingerprint density at radius 1 is 1.25 bits per heavy atom. The molecule has 0 aliphatic rings. The number of rotatable bonds is 5. The van der Waals surface area contributed by atoms with E-state index in [1.54, 1.807) is 11.1 Å². The lowest BCUT2D eigenvalue weighted by Gasteiger charge is -2.21. The molecule has 2 N–H and O–H groups in total. The molecule has 0 unspecified atom stereocenters. The standard InChI is InChI=1S/C15H18N4O/c1-2-9-19(11-12-3-5-13(16)6-4-12)15(20)14-10-17-7-8-18-14/h3-8,10H,2,9,11,16H2,1H3. The van der Waals surface area contributed by atoms with Crippen LogP contribution in [0.25, 0.3) is 0 Å². The van der Waals surface area contributed by atoms with Crippen LogP contribution in [0, 0.1) is 0 Å². The van der Waals surface area contributed by atoms with Crippen LogP contribution in [-0.2, 0) is 6.54 Å². The molecule has 1 amide bonds. The van der Waals surface area contributed by atoms with E-state index < -0.39 is 0 Å². The Balaban J connectivity index is 2.14. The van der Waals surface area contributed by atoms with E-state index in [-0.39, 0.29) is 5.91 Å². The Bertz CT molecular complexity index is 554. The van der Waals surface area contributed by atoms with E-state index in [1.807, 2.05) is 31.2 Å². The first-order valence-electron chi connectivity index (χ1n) is 6.60. The van der Waals surface area contributed by atoms with Crippen molar-refractivity contribution in [2.75, 3.05) is 12.3 Å². The number of amides is 1. The van der Waals surface area contributed by atoms with Crippen LogP contribution in [-0.4, -0.2) is 27.3 Å². The van der Waals surface area contributed by atoms with Crippen LogP contribution in [0.4, 0.5) is 5.69 Å². The second-order valence-electron chi connectivity index (χ2n) is 4.56. The third-order valence-corrected chi connectivity index (χ3v) is 2.92. The van der Waals surface area contributed by atoms with Crippen LogP contribution < -0.4 is 5.73 Å². The number of hydrogen-bond acceptors (Lipinski definition) is 4. The molecule has 0 saturated heterocycles. The fourth-order valence-electron chi connectivity index (χ4n) is 1.94. The van der Waals surface area contributed by atoms with Gasteiger partial charge in [-0.2, -0.15) is 0 Å². The lowest BCUT2D eigenvalue weighted by atomic mass is 10.2. The molecule has 1 aromatic carbocycles. The second kappa shape index (κ2) is 6.65. The summed E-state index contributed by atoms with van der Waals surface area (Å²) in [6, 6.07) is 7.54. The zero-order chi connectivity index (χ0) is 14.4. The van der Waals surface area contributed by atoms with E-state index in [0.29, 0.717) is 18.8 Å². The smallest absolute Gasteiger partial charge is 0.274 e. The maximum Gasteiger partial charge on any atom is 0.274 e. The maximum absolute atomic E-state index is 12.4. The van der Waals surface area contributed by atoms with Crippen molar-refractivity contribution in [3.63, 3.8) is 0 Å². The summed E-state index contributed by atoms with van der Waals surface area (Å²) in [4.78, 5) is 22.2.